The smallest absolute Gasteiger partial charge is 0.320 e. The molecule has 7 heteroatoms. The lowest BCUT2D eigenvalue weighted by Crippen LogP contribution is -2.41. The van der Waals surface area contributed by atoms with Crippen molar-refractivity contribution in [3.63, 3.8) is 0 Å². The van der Waals surface area contributed by atoms with Crippen molar-refractivity contribution in [2.24, 2.45) is 5.92 Å². The van der Waals surface area contributed by atoms with Crippen LogP contribution in [0.15, 0.2) is 36.8 Å². The molecule has 0 bridgehead atoms. The zero-order chi connectivity index (χ0) is 17.4. The molecular formula is C17H25N5O2. The Hall–Kier alpha value is -2.41. The third-order valence-corrected chi connectivity index (χ3v) is 3.57. The summed E-state index contributed by atoms with van der Waals surface area (Å²) in [6, 6.07) is 5.09. The predicted molar refractivity (Wildman–Crippen MR) is 92.7 cm³/mol. The van der Waals surface area contributed by atoms with Crippen LogP contribution in [0, 0.1) is 5.92 Å². The van der Waals surface area contributed by atoms with Gasteiger partial charge in [-0.25, -0.2) is 4.79 Å². The number of nitrogens with one attached hydrogen (secondary N) is 2. The summed E-state index contributed by atoms with van der Waals surface area (Å²) in [4.78, 5) is 16.0. The first-order chi connectivity index (χ1) is 11.6. The third-order valence-electron chi connectivity index (χ3n) is 3.57. The number of anilines is 1. The Labute approximate surface area is 142 Å². The maximum Gasteiger partial charge on any atom is 0.320 e. The molecule has 1 unspecified atom stereocenters. The van der Waals surface area contributed by atoms with Crippen LogP contribution < -0.4 is 10.6 Å². The first kappa shape index (κ1) is 17.9. The molecule has 0 fully saturated rings. The van der Waals surface area contributed by atoms with E-state index in [0.717, 1.165) is 19.4 Å². The lowest BCUT2D eigenvalue weighted by Gasteiger charge is -2.18. The van der Waals surface area contributed by atoms with Crippen molar-refractivity contribution in [3.8, 4) is 0 Å². The molecule has 2 amide bonds. The number of aromatic nitrogens is 3. The molecule has 2 rings (SSSR count). The molecule has 0 aliphatic carbocycles. The van der Waals surface area contributed by atoms with Crippen LogP contribution in [0.1, 0.15) is 25.8 Å². The van der Waals surface area contributed by atoms with E-state index < -0.39 is 0 Å². The van der Waals surface area contributed by atoms with Gasteiger partial charge in [0.15, 0.2) is 5.82 Å². The molecule has 0 saturated heterocycles. The van der Waals surface area contributed by atoms with Crippen molar-refractivity contribution < 1.29 is 9.90 Å². The number of nitrogens with zero attached hydrogens (tertiary/aromatic N) is 3. The van der Waals surface area contributed by atoms with Crippen molar-refractivity contribution >= 4 is 11.8 Å². The number of carbonyl (C=O) groups excluding carboxylic acids is 1. The van der Waals surface area contributed by atoms with E-state index in [2.05, 4.69) is 20.7 Å². The topological polar surface area (TPSA) is 92.1 Å². The molecule has 0 spiro atoms. The number of hydrogen-bond acceptors (Lipinski definition) is 4. The molecule has 0 radical (unpaired) electrons. The highest BCUT2D eigenvalue weighted by molar-refractivity contribution is 5.88. The molecular weight excluding hydrogens is 306 g/mol. The van der Waals surface area contributed by atoms with Gasteiger partial charge in [0.2, 0.25) is 0 Å². The Balaban J connectivity index is 1.81. The van der Waals surface area contributed by atoms with Gasteiger partial charge < -0.3 is 10.4 Å². The number of carbonyl (C=O) groups is 1. The van der Waals surface area contributed by atoms with Gasteiger partial charge in [-0.2, -0.15) is 5.10 Å². The van der Waals surface area contributed by atoms with E-state index in [1.807, 2.05) is 32.2 Å². The Morgan fingerprint density at radius 2 is 2.04 bits per heavy atom. The largest absolute Gasteiger partial charge is 0.394 e. The van der Waals surface area contributed by atoms with E-state index in [1.165, 1.54) is 5.56 Å². The second-order valence-corrected chi connectivity index (χ2v) is 6.18. The number of rotatable bonds is 8. The van der Waals surface area contributed by atoms with Gasteiger partial charge in [0.1, 0.15) is 0 Å². The molecule has 0 saturated carbocycles. The molecule has 0 aliphatic rings. The van der Waals surface area contributed by atoms with Crippen LogP contribution in [0.5, 0.6) is 0 Å². The van der Waals surface area contributed by atoms with E-state index >= 15 is 0 Å². The number of hydrogen-bond donors (Lipinski definition) is 3. The van der Waals surface area contributed by atoms with Crippen LogP contribution in [0.25, 0.3) is 0 Å². The van der Waals surface area contributed by atoms with Crippen LogP contribution in [-0.4, -0.2) is 38.6 Å². The summed E-state index contributed by atoms with van der Waals surface area (Å²) in [5.41, 5.74) is 1.19. The van der Waals surface area contributed by atoms with Crippen molar-refractivity contribution in [1.82, 2.24) is 20.1 Å². The fraction of sp³-hybridized carbons (Fsp3) is 0.471. The summed E-state index contributed by atoms with van der Waals surface area (Å²) in [7, 11) is 0. The van der Waals surface area contributed by atoms with Crippen LogP contribution in [0.4, 0.5) is 10.6 Å². The molecule has 0 aromatic carbocycles. The summed E-state index contributed by atoms with van der Waals surface area (Å²) >= 11 is 0. The molecule has 1 atom stereocenters. The standard InChI is InChI=1S/C17H25N5O2/c1-13(2)11-15(12-23)19-17(24)20-16-6-10-22(21-16)9-5-14-3-7-18-8-4-14/h3-4,6-8,10,13,15,23H,5,9,11-12H2,1-2H3,(H2,19,20,21,24). The monoisotopic (exact) mass is 331 g/mol. The summed E-state index contributed by atoms with van der Waals surface area (Å²) in [6.07, 6.45) is 6.94. The van der Waals surface area contributed by atoms with Crippen LogP contribution in [0.3, 0.4) is 0 Å². The molecule has 7 nitrogen and oxygen atoms in total. The van der Waals surface area contributed by atoms with E-state index in [4.69, 9.17) is 0 Å². The minimum Gasteiger partial charge on any atom is -0.394 e. The van der Waals surface area contributed by atoms with Gasteiger partial charge in [0, 0.05) is 31.2 Å². The number of aliphatic hydroxyl groups is 1. The Morgan fingerprint density at radius 3 is 2.71 bits per heavy atom. The SMILES string of the molecule is CC(C)CC(CO)NC(=O)Nc1ccn(CCc2ccncc2)n1. The fourth-order valence-electron chi connectivity index (χ4n) is 2.43. The normalized spacial score (nSPS) is 12.2. The van der Waals surface area contributed by atoms with Gasteiger partial charge in [-0.1, -0.05) is 13.8 Å². The molecule has 2 aromatic heterocycles. The Morgan fingerprint density at radius 1 is 1.29 bits per heavy atom. The van der Waals surface area contributed by atoms with Crippen molar-refractivity contribution in [3.05, 3.63) is 42.4 Å². The Bertz CT molecular complexity index is 627. The van der Waals surface area contributed by atoms with Crippen molar-refractivity contribution in [1.29, 1.82) is 0 Å². The van der Waals surface area contributed by atoms with E-state index in [1.54, 1.807) is 23.1 Å². The first-order valence-electron chi connectivity index (χ1n) is 8.17. The van der Waals surface area contributed by atoms with Crippen molar-refractivity contribution in [2.45, 2.75) is 39.3 Å². The lowest BCUT2D eigenvalue weighted by molar-refractivity contribution is 0.214. The van der Waals surface area contributed by atoms with Gasteiger partial charge >= 0.3 is 6.03 Å². The first-order valence-corrected chi connectivity index (χ1v) is 8.17. The molecule has 2 heterocycles. The zero-order valence-electron chi connectivity index (χ0n) is 14.1. The number of aliphatic hydroxyl groups excluding tert-OH is 1. The molecule has 24 heavy (non-hydrogen) atoms. The summed E-state index contributed by atoms with van der Waals surface area (Å²) in [5.74, 6) is 0.887. The second kappa shape index (κ2) is 9.02. The second-order valence-electron chi connectivity index (χ2n) is 6.18. The van der Waals surface area contributed by atoms with Crippen LogP contribution in [-0.2, 0) is 13.0 Å². The number of urea groups is 1. The highest BCUT2D eigenvalue weighted by atomic mass is 16.3. The van der Waals surface area contributed by atoms with Gasteiger partial charge in [-0.05, 0) is 36.5 Å². The molecule has 130 valence electrons. The third kappa shape index (κ3) is 6.00. The fourth-order valence-corrected chi connectivity index (χ4v) is 2.43. The quantitative estimate of drug-likeness (QED) is 0.690. The van der Waals surface area contributed by atoms with Gasteiger partial charge in [-0.15, -0.1) is 0 Å². The van der Waals surface area contributed by atoms with Gasteiger partial charge in [0.05, 0.1) is 12.6 Å². The maximum absolute atomic E-state index is 12.0. The minimum atomic E-state index is -0.353. The zero-order valence-corrected chi connectivity index (χ0v) is 14.1. The average Bonchev–Trinajstić information content (AvgIpc) is 3.00. The summed E-state index contributed by atoms with van der Waals surface area (Å²) in [6.45, 7) is 4.74. The van der Waals surface area contributed by atoms with Crippen molar-refractivity contribution in [2.75, 3.05) is 11.9 Å². The molecule has 2 aromatic rings. The lowest BCUT2D eigenvalue weighted by atomic mass is 10.0. The van der Waals surface area contributed by atoms with E-state index in [9.17, 15) is 9.90 Å². The predicted octanol–water partition coefficient (Wildman–Crippen LogP) is 2.05. The van der Waals surface area contributed by atoms with Crippen LogP contribution >= 0.6 is 0 Å². The summed E-state index contributed by atoms with van der Waals surface area (Å²) < 4.78 is 1.79. The Kier molecular flexibility index (Phi) is 6.74. The minimum absolute atomic E-state index is 0.0774. The highest BCUT2D eigenvalue weighted by Crippen LogP contribution is 2.07. The van der Waals surface area contributed by atoms with E-state index in [0.29, 0.717) is 11.7 Å². The number of pyridine rings is 1. The average molecular weight is 331 g/mol. The molecule has 0 aliphatic heterocycles. The molecule has 3 N–H and O–H groups in total. The van der Waals surface area contributed by atoms with E-state index in [-0.39, 0.29) is 18.7 Å². The number of amides is 2. The summed E-state index contributed by atoms with van der Waals surface area (Å²) in [5, 5.41) is 19.1. The van der Waals surface area contributed by atoms with Gasteiger partial charge in [0.25, 0.3) is 0 Å². The maximum atomic E-state index is 12.0. The highest BCUT2D eigenvalue weighted by Gasteiger charge is 2.13. The number of aryl methyl sites for hydroxylation is 2. The van der Waals surface area contributed by atoms with Crippen LogP contribution in [0.2, 0.25) is 0 Å². The van der Waals surface area contributed by atoms with Gasteiger partial charge in [-0.3, -0.25) is 15.0 Å².